The summed E-state index contributed by atoms with van der Waals surface area (Å²) in [4.78, 5) is 0. The normalized spacial score (nSPS) is 11.5. The smallest absolute Gasteiger partial charge is 0.153 e. The van der Waals surface area contributed by atoms with Gasteiger partial charge in [0.05, 0.1) is 50.9 Å². The first-order chi connectivity index (χ1) is 22.2. The number of benzene rings is 6. The van der Waals surface area contributed by atoms with Crippen LogP contribution in [0.1, 0.15) is 16.7 Å². The van der Waals surface area contributed by atoms with Crippen molar-refractivity contribution in [2.24, 2.45) is 0 Å². The number of hydrogen-bond acceptors (Lipinski definition) is 4. The van der Waals surface area contributed by atoms with Gasteiger partial charge in [-0.3, -0.25) is 0 Å². The van der Waals surface area contributed by atoms with Crippen molar-refractivity contribution in [2.75, 3.05) is 0 Å². The molecule has 45 heavy (non-hydrogen) atoms. The zero-order valence-electron chi connectivity index (χ0n) is 23.6. The maximum absolute atomic E-state index is 9.69. The molecule has 0 unspecified atom stereocenters. The van der Waals surface area contributed by atoms with Gasteiger partial charge in [0, 0.05) is 49.8 Å². The van der Waals surface area contributed by atoms with Gasteiger partial charge < -0.3 is 13.6 Å². The number of nitriles is 3. The zero-order valence-corrected chi connectivity index (χ0v) is 23.6. The number of nitrogens with zero attached hydrogens (tertiary/aromatic N) is 5. The van der Waals surface area contributed by atoms with E-state index < -0.39 is 0 Å². The maximum Gasteiger partial charge on any atom is 0.153 e. The number of fused-ring (bicyclic) bond motifs is 9. The van der Waals surface area contributed by atoms with Crippen molar-refractivity contribution in [1.82, 2.24) is 9.13 Å². The first-order valence-electron chi connectivity index (χ1n) is 14.4. The molecule has 0 spiro atoms. The van der Waals surface area contributed by atoms with Crippen LogP contribution in [0.4, 0.5) is 0 Å². The lowest BCUT2D eigenvalue weighted by Crippen LogP contribution is -1.98. The van der Waals surface area contributed by atoms with E-state index >= 15 is 0 Å². The van der Waals surface area contributed by atoms with Crippen LogP contribution in [0.3, 0.4) is 0 Å². The first kappa shape index (κ1) is 24.8. The van der Waals surface area contributed by atoms with E-state index in [0.717, 1.165) is 71.3 Å². The van der Waals surface area contributed by atoms with Crippen molar-refractivity contribution in [2.45, 2.75) is 0 Å². The maximum atomic E-state index is 9.69. The monoisotopic (exact) mass is 573 g/mol. The van der Waals surface area contributed by atoms with Crippen molar-refractivity contribution < 1.29 is 4.42 Å². The number of aromatic nitrogens is 2. The third kappa shape index (κ3) is 3.41. The van der Waals surface area contributed by atoms with Gasteiger partial charge in [0.2, 0.25) is 0 Å². The molecule has 0 atom stereocenters. The van der Waals surface area contributed by atoms with E-state index in [9.17, 15) is 15.8 Å². The second-order valence-corrected chi connectivity index (χ2v) is 11.2. The van der Waals surface area contributed by atoms with E-state index in [1.807, 2.05) is 54.6 Å². The molecule has 206 valence electrons. The van der Waals surface area contributed by atoms with Crippen LogP contribution in [0, 0.1) is 34.0 Å². The summed E-state index contributed by atoms with van der Waals surface area (Å²) in [5.74, 6) is 0. The minimum Gasteiger partial charge on any atom is -0.455 e. The second kappa shape index (κ2) is 9.09. The van der Waals surface area contributed by atoms with Crippen LogP contribution in [-0.4, -0.2) is 9.13 Å². The van der Waals surface area contributed by atoms with Crippen molar-refractivity contribution >= 4 is 65.6 Å². The van der Waals surface area contributed by atoms with Crippen LogP contribution in [0.15, 0.2) is 120 Å². The van der Waals surface area contributed by atoms with E-state index in [-0.39, 0.29) is 0 Å². The Balaban J connectivity index is 1.34. The summed E-state index contributed by atoms with van der Waals surface area (Å²) in [7, 11) is 0. The quantitative estimate of drug-likeness (QED) is 0.206. The highest BCUT2D eigenvalue weighted by atomic mass is 16.3. The van der Waals surface area contributed by atoms with Gasteiger partial charge in [-0.15, -0.1) is 0 Å². The van der Waals surface area contributed by atoms with Gasteiger partial charge >= 0.3 is 0 Å². The molecule has 0 radical (unpaired) electrons. The molecule has 9 aromatic rings. The Morgan fingerprint density at radius 2 is 1.04 bits per heavy atom. The Morgan fingerprint density at radius 3 is 1.73 bits per heavy atom. The van der Waals surface area contributed by atoms with E-state index in [1.165, 1.54) is 0 Å². The van der Waals surface area contributed by atoms with E-state index in [4.69, 9.17) is 4.42 Å². The minimum atomic E-state index is 0.517. The number of furan rings is 1. The highest BCUT2D eigenvalue weighted by Crippen LogP contribution is 2.40. The zero-order chi connectivity index (χ0) is 30.2. The lowest BCUT2D eigenvalue weighted by molar-refractivity contribution is 0.668. The molecule has 3 aromatic heterocycles. The van der Waals surface area contributed by atoms with Gasteiger partial charge in [0.25, 0.3) is 0 Å². The lowest BCUT2D eigenvalue weighted by Gasteiger charge is -2.13. The predicted octanol–water partition coefficient (Wildman–Crippen LogP) is 9.40. The fourth-order valence-corrected chi connectivity index (χ4v) is 6.84. The van der Waals surface area contributed by atoms with E-state index in [0.29, 0.717) is 22.3 Å². The molecular formula is C39H19N5O. The molecule has 0 aliphatic heterocycles. The SMILES string of the molecule is N#Cc1ccc2c(c1)c1cc(C#N)ccc1n2-c1cccc(-n2c3ccccc3c3cc4c(cc32)oc2c(C#N)cccc24)c1. The van der Waals surface area contributed by atoms with Gasteiger partial charge in [0.15, 0.2) is 5.58 Å². The van der Waals surface area contributed by atoms with Gasteiger partial charge in [-0.25, -0.2) is 0 Å². The van der Waals surface area contributed by atoms with Crippen LogP contribution < -0.4 is 0 Å². The highest BCUT2D eigenvalue weighted by molar-refractivity contribution is 6.18. The number of rotatable bonds is 2. The van der Waals surface area contributed by atoms with Gasteiger partial charge in [-0.1, -0.05) is 36.4 Å². The van der Waals surface area contributed by atoms with Crippen molar-refractivity contribution in [3.8, 4) is 29.6 Å². The van der Waals surface area contributed by atoms with E-state index in [2.05, 4.69) is 81.9 Å². The van der Waals surface area contributed by atoms with Crippen LogP contribution in [0.5, 0.6) is 0 Å². The van der Waals surface area contributed by atoms with Crippen LogP contribution in [0.25, 0.3) is 76.9 Å². The van der Waals surface area contributed by atoms with Gasteiger partial charge in [0.1, 0.15) is 11.7 Å². The fourth-order valence-electron chi connectivity index (χ4n) is 6.84. The Bertz CT molecular complexity index is 2790. The standard InChI is InChI=1S/C39H19N5O/c40-20-23-11-13-35-30(15-23)31-16-24(21-41)12-14-36(31)43(35)26-6-4-7-27(17-26)44-34-10-2-1-8-28(34)32-18-33-29-9-3-5-25(22-42)39(29)45-38(33)19-37(32)44/h1-19H. The number of para-hydroxylation sites is 2. The largest absolute Gasteiger partial charge is 0.455 e. The Morgan fingerprint density at radius 1 is 0.444 bits per heavy atom. The van der Waals surface area contributed by atoms with Crippen molar-refractivity contribution in [3.63, 3.8) is 0 Å². The summed E-state index contributed by atoms with van der Waals surface area (Å²) < 4.78 is 10.7. The molecule has 0 saturated heterocycles. The minimum absolute atomic E-state index is 0.517. The molecule has 0 saturated carbocycles. The van der Waals surface area contributed by atoms with Crippen LogP contribution >= 0.6 is 0 Å². The summed E-state index contributed by atoms with van der Waals surface area (Å²) in [5, 5.41) is 34.9. The van der Waals surface area contributed by atoms with Gasteiger partial charge in [-0.2, -0.15) is 15.8 Å². The van der Waals surface area contributed by atoms with Gasteiger partial charge in [-0.05, 0) is 72.8 Å². The lowest BCUT2D eigenvalue weighted by atomic mass is 10.1. The predicted molar refractivity (Wildman–Crippen MR) is 177 cm³/mol. The molecule has 6 nitrogen and oxygen atoms in total. The van der Waals surface area contributed by atoms with Crippen LogP contribution in [-0.2, 0) is 0 Å². The second-order valence-electron chi connectivity index (χ2n) is 11.2. The topological polar surface area (TPSA) is 94.4 Å². The Labute approximate surface area is 256 Å². The highest BCUT2D eigenvalue weighted by Gasteiger charge is 2.19. The number of hydrogen-bond donors (Lipinski definition) is 0. The Hall–Kier alpha value is -6.81. The molecule has 0 aliphatic carbocycles. The summed E-state index contributed by atoms with van der Waals surface area (Å²) in [6, 6.07) is 44.8. The first-order valence-corrected chi connectivity index (χ1v) is 14.4. The van der Waals surface area contributed by atoms with E-state index in [1.54, 1.807) is 6.07 Å². The molecular weight excluding hydrogens is 554 g/mol. The van der Waals surface area contributed by atoms with Crippen molar-refractivity contribution in [1.29, 1.82) is 15.8 Å². The third-order valence-electron chi connectivity index (χ3n) is 8.78. The molecule has 0 amide bonds. The summed E-state index contributed by atoms with van der Waals surface area (Å²) >= 11 is 0. The van der Waals surface area contributed by atoms with Crippen LogP contribution in [0.2, 0.25) is 0 Å². The molecule has 0 bridgehead atoms. The molecule has 0 aliphatic rings. The average Bonchev–Trinajstić information content (AvgIpc) is 3.73. The molecule has 0 N–H and O–H groups in total. The molecule has 6 aromatic carbocycles. The Kier molecular flexibility index (Phi) is 5.00. The molecule has 0 fully saturated rings. The molecule has 9 rings (SSSR count). The van der Waals surface area contributed by atoms with Crippen molar-refractivity contribution in [3.05, 3.63) is 132 Å². The summed E-state index contributed by atoms with van der Waals surface area (Å²) in [6.45, 7) is 0. The third-order valence-corrected chi connectivity index (χ3v) is 8.78. The fraction of sp³-hybridized carbons (Fsp3) is 0. The summed E-state index contributed by atoms with van der Waals surface area (Å²) in [6.07, 6.45) is 0. The average molecular weight is 574 g/mol. The summed E-state index contributed by atoms with van der Waals surface area (Å²) in [5.41, 5.74) is 8.89. The molecule has 6 heteroatoms. The molecule has 3 heterocycles.